The number of piperidine rings is 1. The second-order valence-corrected chi connectivity index (χ2v) is 6.42. The van der Waals surface area contributed by atoms with Crippen LogP contribution in [0.25, 0.3) is 0 Å². The van der Waals surface area contributed by atoms with Gasteiger partial charge in [-0.2, -0.15) is 0 Å². The molecule has 1 saturated heterocycles. The van der Waals surface area contributed by atoms with Crippen LogP contribution in [0.2, 0.25) is 0 Å². The van der Waals surface area contributed by atoms with Crippen LogP contribution in [0.1, 0.15) is 57.1 Å². The van der Waals surface area contributed by atoms with Gasteiger partial charge in [0, 0.05) is 18.2 Å². The van der Waals surface area contributed by atoms with Gasteiger partial charge in [-0.1, -0.05) is 13.8 Å². The van der Waals surface area contributed by atoms with E-state index in [4.69, 9.17) is 4.42 Å². The lowest BCUT2D eigenvalue weighted by molar-refractivity contribution is 0.121. The van der Waals surface area contributed by atoms with Crippen molar-refractivity contribution in [2.75, 3.05) is 13.1 Å². The van der Waals surface area contributed by atoms with Gasteiger partial charge < -0.3 is 9.73 Å². The first kappa shape index (κ1) is 15.6. The van der Waals surface area contributed by atoms with E-state index in [0.717, 1.165) is 43.5 Å². The summed E-state index contributed by atoms with van der Waals surface area (Å²) in [6.07, 6.45) is 3.81. The molecule has 1 aromatic rings. The van der Waals surface area contributed by atoms with Crippen LogP contribution in [0.15, 0.2) is 10.5 Å². The summed E-state index contributed by atoms with van der Waals surface area (Å²) in [5.41, 5.74) is 1.36. The van der Waals surface area contributed by atoms with Crippen LogP contribution in [-0.4, -0.2) is 24.0 Å². The zero-order valence-corrected chi connectivity index (χ0v) is 13.5. The van der Waals surface area contributed by atoms with Crippen molar-refractivity contribution in [1.82, 2.24) is 10.2 Å². The molecule has 1 aromatic heterocycles. The number of hydrogen-bond acceptors (Lipinski definition) is 3. The monoisotopic (exact) mass is 278 g/mol. The van der Waals surface area contributed by atoms with Crippen molar-refractivity contribution in [3.63, 3.8) is 0 Å². The predicted molar refractivity (Wildman–Crippen MR) is 83.7 cm³/mol. The Kier molecular flexibility index (Phi) is 5.67. The van der Waals surface area contributed by atoms with Crippen molar-refractivity contribution in [2.45, 2.75) is 66.1 Å². The first-order valence-corrected chi connectivity index (χ1v) is 8.13. The Hall–Kier alpha value is -0.800. The fourth-order valence-corrected chi connectivity index (χ4v) is 3.13. The molecule has 0 bridgehead atoms. The minimum atomic E-state index is 0.690. The van der Waals surface area contributed by atoms with Crippen molar-refractivity contribution in [3.8, 4) is 0 Å². The van der Waals surface area contributed by atoms with E-state index in [2.05, 4.69) is 44.0 Å². The van der Waals surface area contributed by atoms with E-state index in [1.54, 1.807) is 0 Å². The molecule has 0 aliphatic carbocycles. The number of likely N-dealkylation sites (tertiary alicyclic amines) is 1. The van der Waals surface area contributed by atoms with E-state index in [1.807, 2.05) is 0 Å². The molecule has 20 heavy (non-hydrogen) atoms. The number of nitrogens with one attached hydrogen (secondary N) is 1. The summed E-state index contributed by atoms with van der Waals surface area (Å²) >= 11 is 0. The van der Waals surface area contributed by atoms with Gasteiger partial charge in [-0.15, -0.1) is 0 Å². The quantitative estimate of drug-likeness (QED) is 0.804. The molecule has 0 spiro atoms. The number of hydrogen-bond donors (Lipinski definition) is 1. The van der Waals surface area contributed by atoms with Crippen LogP contribution in [-0.2, 0) is 13.1 Å². The Morgan fingerprint density at radius 1 is 1.40 bits per heavy atom. The maximum atomic E-state index is 5.87. The first-order chi connectivity index (χ1) is 9.60. The molecule has 2 rings (SSSR count). The fraction of sp³-hybridized carbons (Fsp3) is 0.765. The van der Waals surface area contributed by atoms with Crippen LogP contribution in [0.3, 0.4) is 0 Å². The molecule has 2 unspecified atom stereocenters. The van der Waals surface area contributed by atoms with Gasteiger partial charge in [0.15, 0.2) is 0 Å². The summed E-state index contributed by atoms with van der Waals surface area (Å²) in [4.78, 5) is 2.60. The average Bonchev–Trinajstić information content (AvgIpc) is 2.74. The predicted octanol–water partition coefficient (Wildman–Crippen LogP) is 3.71. The molecular weight excluding hydrogens is 248 g/mol. The molecule has 1 N–H and O–H groups in total. The van der Waals surface area contributed by atoms with Crippen LogP contribution in [0.5, 0.6) is 0 Å². The Bertz CT molecular complexity index is 413. The SMILES string of the molecule is CCCNCc1cc(CN2CCC(C)CC2C)c(C)o1. The zero-order valence-electron chi connectivity index (χ0n) is 13.5. The van der Waals surface area contributed by atoms with Crippen molar-refractivity contribution >= 4 is 0 Å². The Labute approximate surface area is 123 Å². The van der Waals surface area contributed by atoms with Gasteiger partial charge in [-0.05, 0) is 58.2 Å². The average molecular weight is 278 g/mol. The number of rotatable bonds is 6. The molecule has 1 aliphatic heterocycles. The molecule has 2 heterocycles. The lowest BCUT2D eigenvalue weighted by Crippen LogP contribution is -2.39. The summed E-state index contributed by atoms with van der Waals surface area (Å²) in [6, 6.07) is 2.93. The topological polar surface area (TPSA) is 28.4 Å². The zero-order chi connectivity index (χ0) is 14.5. The highest BCUT2D eigenvalue weighted by molar-refractivity contribution is 5.21. The van der Waals surface area contributed by atoms with Crippen molar-refractivity contribution in [2.24, 2.45) is 5.92 Å². The molecule has 0 aromatic carbocycles. The van der Waals surface area contributed by atoms with Gasteiger partial charge in [0.05, 0.1) is 6.54 Å². The second kappa shape index (κ2) is 7.28. The van der Waals surface area contributed by atoms with E-state index in [9.17, 15) is 0 Å². The minimum Gasteiger partial charge on any atom is -0.465 e. The van der Waals surface area contributed by atoms with Crippen LogP contribution >= 0.6 is 0 Å². The van der Waals surface area contributed by atoms with Gasteiger partial charge in [-0.3, -0.25) is 4.90 Å². The van der Waals surface area contributed by atoms with Gasteiger partial charge in [0.2, 0.25) is 0 Å². The standard InChI is InChI=1S/C17H30N2O/c1-5-7-18-11-17-10-16(15(4)20-17)12-19-8-6-13(2)9-14(19)3/h10,13-14,18H,5-9,11-12H2,1-4H3. The number of aryl methyl sites for hydroxylation is 1. The molecule has 0 saturated carbocycles. The van der Waals surface area contributed by atoms with Gasteiger partial charge in [-0.25, -0.2) is 0 Å². The Morgan fingerprint density at radius 3 is 2.90 bits per heavy atom. The van der Waals surface area contributed by atoms with Crippen molar-refractivity contribution < 1.29 is 4.42 Å². The molecular formula is C17H30N2O. The smallest absolute Gasteiger partial charge is 0.118 e. The maximum Gasteiger partial charge on any atom is 0.118 e. The van der Waals surface area contributed by atoms with Crippen LogP contribution < -0.4 is 5.32 Å². The highest BCUT2D eigenvalue weighted by Gasteiger charge is 2.23. The number of furan rings is 1. The van der Waals surface area contributed by atoms with Gasteiger partial charge in [0.1, 0.15) is 11.5 Å². The van der Waals surface area contributed by atoms with E-state index < -0.39 is 0 Å². The third-order valence-electron chi connectivity index (χ3n) is 4.45. The molecule has 0 amide bonds. The van der Waals surface area contributed by atoms with E-state index in [0.29, 0.717) is 6.04 Å². The summed E-state index contributed by atoms with van der Waals surface area (Å²) in [5, 5.41) is 3.40. The first-order valence-electron chi connectivity index (χ1n) is 8.13. The molecule has 3 heteroatoms. The largest absolute Gasteiger partial charge is 0.465 e. The molecule has 3 nitrogen and oxygen atoms in total. The molecule has 1 aliphatic rings. The normalized spacial score (nSPS) is 24.2. The third-order valence-corrected chi connectivity index (χ3v) is 4.45. The summed E-state index contributed by atoms with van der Waals surface area (Å²) in [5.74, 6) is 3.04. The lowest BCUT2D eigenvalue weighted by atomic mass is 9.93. The number of nitrogens with zero attached hydrogens (tertiary/aromatic N) is 1. The summed E-state index contributed by atoms with van der Waals surface area (Å²) < 4.78 is 5.87. The minimum absolute atomic E-state index is 0.690. The molecule has 2 atom stereocenters. The Balaban J connectivity index is 1.92. The molecule has 114 valence electrons. The highest BCUT2D eigenvalue weighted by Crippen LogP contribution is 2.25. The van der Waals surface area contributed by atoms with Gasteiger partial charge >= 0.3 is 0 Å². The third kappa shape index (κ3) is 4.10. The summed E-state index contributed by atoms with van der Waals surface area (Å²) in [7, 11) is 0. The van der Waals surface area contributed by atoms with E-state index in [-0.39, 0.29) is 0 Å². The van der Waals surface area contributed by atoms with E-state index in [1.165, 1.54) is 24.9 Å². The van der Waals surface area contributed by atoms with Crippen molar-refractivity contribution in [1.29, 1.82) is 0 Å². The van der Waals surface area contributed by atoms with Gasteiger partial charge in [0.25, 0.3) is 0 Å². The molecule has 1 fully saturated rings. The fourth-order valence-electron chi connectivity index (χ4n) is 3.13. The Morgan fingerprint density at radius 2 is 2.20 bits per heavy atom. The maximum absolute atomic E-state index is 5.87. The van der Waals surface area contributed by atoms with Crippen molar-refractivity contribution in [3.05, 3.63) is 23.2 Å². The highest BCUT2D eigenvalue weighted by atomic mass is 16.3. The second-order valence-electron chi connectivity index (χ2n) is 6.42. The van der Waals surface area contributed by atoms with Crippen LogP contribution in [0.4, 0.5) is 0 Å². The van der Waals surface area contributed by atoms with E-state index >= 15 is 0 Å². The molecule has 0 radical (unpaired) electrons. The lowest BCUT2D eigenvalue weighted by Gasteiger charge is -2.36. The summed E-state index contributed by atoms with van der Waals surface area (Å²) in [6.45, 7) is 13.2. The van der Waals surface area contributed by atoms with Crippen LogP contribution in [0, 0.1) is 12.8 Å².